The van der Waals surface area contributed by atoms with Crippen molar-refractivity contribution in [3.05, 3.63) is 58.3 Å². The summed E-state index contributed by atoms with van der Waals surface area (Å²) in [4.78, 5) is 21.4. The number of rotatable bonds is 3. The molecule has 0 aliphatic rings. The minimum atomic E-state index is -0.962. The molecule has 1 heterocycles. The third-order valence-corrected chi connectivity index (χ3v) is 2.58. The van der Waals surface area contributed by atoms with Gasteiger partial charge >= 0.3 is 5.69 Å². The van der Waals surface area contributed by atoms with Crippen LogP contribution >= 0.6 is 12.2 Å². The zero-order valence-corrected chi connectivity index (χ0v) is 11.1. The topological polar surface area (TPSA) is 97.4 Å². The summed E-state index contributed by atoms with van der Waals surface area (Å²) in [6.07, 6.45) is 1.33. The van der Waals surface area contributed by atoms with Gasteiger partial charge in [0.2, 0.25) is 5.82 Å². The highest BCUT2D eigenvalue weighted by Crippen LogP contribution is 2.21. The van der Waals surface area contributed by atoms with E-state index in [0.29, 0.717) is 0 Å². The van der Waals surface area contributed by atoms with Gasteiger partial charge in [-0.3, -0.25) is 20.2 Å². The summed E-state index contributed by atoms with van der Waals surface area (Å²) in [6, 6.07) is 6.14. The number of anilines is 1. The van der Waals surface area contributed by atoms with Gasteiger partial charge in [0.1, 0.15) is 0 Å². The molecule has 21 heavy (non-hydrogen) atoms. The average molecular weight is 309 g/mol. The number of benzene rings is 1. The normalized spacial score (nSPS) is 9.95. The fraction of sp³-hybridized carbons (Fsp3) is 0. The Morgan fingerprint density at radius 1 is 1.38 bits per heavy atom. The molecule has 1 aromatic heterocycles. The predicted molar refractivity (Wildman–Crippen MR) is 75.4 cm³/mol. The molecule has 0 aliphatic carbocycles. The quantitative estimate of drug-likeness (QED) is 0.513. The molecule has 0 saturated carbocycles. The van der Waals surface area contributed by atoms with Gasteiger partial charge in [0.25, 0.3) is 5.91 Å². The van der Waals surface area contributed by atoms with E-state index >= 15 is 0 Å². The molecule has 0 saturated heterocycles. The highest BCUT2D eigenvalue weighted by Gasteiger charge is 2.15. The van der Waals surface area contributed by atoms with Crippen LogP contribution in [0.2, 0.25) is 0 Å². The number of nitro groups is 1. The first kappa shape index (κ1) is 14.6. The highest BCUT2D eigenvalue weighted by atomic mass is 32.1. The molecule has 2 rings (SSSR count). The number of halogens is 1. The van der Waals surface area contributed by atoms with Crippen molar-refractivity contribution in [3.63, 3.8) is 0 Å². The van der Waals surface area contributed by atoms with E-state index in [9.17, 15) is 19.3 Å². The number of hydrogen-bond donors (Lipinski definition) is 2. The summed E-state index contributed by atoms with van der Waals surface area (Å²) in [5.41, 5.74) is -0.520. The molecule has 0 radical (unpaired) electrons. The van der Waals surface area contributed by atoms with Crippen LogP contribution in [0.1, 0.15) is 10.6 Å². The van der Waals surface area contributed by atoms with Gasteiger partial charge in [-0.05, 0) is 36.5 Å². The minimum absolute atomic E-state index is 0.0595. The summed E-state index contributed by atoms with van der Waals surface area (Å²) >= 11 is 4.88. The average Bonchev–Trinajstić information content (AvgIpc) is 2.94. The molecule has 1 aromatic carbocycles. The van der Waals surface area contributed by atoms with Crippen molar-refractivity contribution in [3.8, 4) is 0 Å². The Bertz CT molecular complexity index is 703. The Hall–Kier alpha value is -2.81. The molecule has 2 N–H and O–H groups in total. The molecule has 0 unspecified atom stereocenters. The van der Waals surface area contributed by atoms with Crippen LogP contribution in [-0.2, 0) is 0 Å². The Labute approximate surface area is 122 Å². The van der Waals surface area contributed by atoms with Crippen molar-refractivity contribution < 1.29 is 18.5 Å². The molecule has 9 heteroatoms. The number of furan rings is 1. The van der Waals surface area contributed by atoms with Gasteiger partial charge in [0.15, 0.2) is 10.9 Å². The fourth-order valence-corrected chi connectivity index (χ4v) is 1.68. The van der Waals surface area contributed by atoms with Gasteiger partial charge in [-0.1, -0.05) is 0 Å². The molecule has 1 amide bonds. The smallest absolute Gasteiger partial charge is 0.306 e. The second-order valence-electron chi connectivity index (χ2n) is 3.81. The number of hydrogen-bond acceptors (Lipinski definition) is 5. The molecule has 0 atom stereocenters. The van der Waals surface area contributed by atoms with E-state index in [1.54, 1.807) is 0 Å². The minimum Gasteiger partial charge on any atom is -0.459 e. The lowest BCUT2D eigenvalue weighted by molar-refractivity contribution is -0.387. The standard InChI is InChI=1S/C12H8FN3O4S/c13-8-4-3-7(6-9(8)16(18)19)14-12(21)15-11(17)10-2-1-5-20-10/h1-6H,(H2,14,15,17,21). The van der Waals surface area contributed by atoms with E-state index in [1.807, 2.05) is 0 Å². The maximum atomic E-state index is 13.2. The molecule has 0 fully saturated rings. The molecular formula is C12H8FN3O4S. The molecular weight excluding hydrogens is 301 g/mol. The van der Waals surface area contributed by atoms with Crippen LogP contribution in [-0.4, -0.2) is 15.9 Å². The lowest BCUT2D eigenvalue weighted by Gasteiger charge is -2.08. The van der Waals surface area contributed by atoms with Crippen LogP contribution in [0.4, 0.5) is 15.8 Å². The number of nitro benzene ring substituents is 1. The molecule has 108 valence electrons. The van der Waals surface area contributed by atoms with Crippen molar-refractivity contribution in [2.24, 2.45) is 0 Å². The van der Waals surface area contributed by atoms with Crippen molar-refractivity contribution >= 4 is 34.6 Å². The Morgan fingerprint density at radius 3 is 2.76 bits per heavy atom. The third-order valence-electron chi connectivity index (χ3n) is 2.37. The second-order valence-corrected chi connectivity index (χ2v) is 4.22. The summed E-state index contributed by atoms with van der Waals surface area (Å²) in [6.45, 7) is 0. The van der Waals surface area contributed by atoms with Gasteiger partial charge in [0, 0.05) is 11.8 Å². The summed E-state index contributed by atoms with van der Waals surface area (Å²) in [7, 11) is 0. The lowest BCUT2D eigenvalue weighted by atomic mass is 10.2. The summed E-state index contributed by atoms with van der Waals surface area (Å²) in [5, 5.41) is 15.4. The van der Waals surface area contributed by atoms with E-state index in [4.69, 9.17) is 16.6 Å². The largest absolute Gasteiger partial charge is 0.459 e. The van der Waals surface area contributed by atoms with Crippen molar-refractivity contribution in [1.29, 1.82) is 0 Å². The zero-order chi connectivity index (χ0) is 15.4. The number of carbonyl (C=O) groups excluding carboxylic acids is 1. The van der Waals surface area contributed by atoms with E-state index in [2.05, 4.69) is 10.6 Å². The number of thiocarbonyl (C=S) groups is 1. The number of amides is 1. The van der Waals surface area contributed by atoms with Crippen LogP contribution in [0.25, 0.3) is 0 Å². The van der Waals surface area contributed by atoms with Gasteiger partial charge in [0.05, 0.1) is 11.2 Å². The van der Waals surface area contributed by atoms with Gasteiger partial charge < -0.3 is 9.73 Å². The van der Waals surface area contributed by atoms with Crippen LogP contribution in [0.15, 0.2) is 41.0 Å². The predicted octanol–water partition coefficient (Wildman–Crippen LogP) is 2.45. The molecule has 7 nitrogen and oxygen atoms in total. The first-order valence-corrected chi connectivity index (χ1v) is 5.98. The maximum Gasteiger partial charge on any atom is 0.306 e. The molecule has 0 spiro atoms. The zero-order valence-electron chi connectivity index (χ0n) is 10.3. The summed E-state index contributed by atoms with van der Waals surface area (Å²) in [5.74, 6) is -1.48. The van der Waals surface area contributed by atoms with Gasteiger partial charge in [-0.15, -0.1) is 0 Å². The molecule has 0 aliphatic heterocycles. The first-order valence-electron chi connectivity index (χ1n) is 5.57. The number of carbonyl (C=O) groups is 1. The number of nitrogens with one attached hydrogen (secondary N) is 2. The van der Waals surface area contributed by atoms with Crippen molar-refractivity contribution in [2.75, 3.05) is 5.32 Å². The van der Waals surface area contributed by atoms with Crippen LogP contribution < -0.4 is 10.6 Å². The number of nitrogens with zero attached hydrogens (tertiary/aromatic N) is 1. The van der Waals surface area contributed by atoms with E-state index < -0.39 is 22.3 Å². The second kappa shape index (κ2) is 6.09. The maximum absolute atomic E-state index is 13.2. The van der Waals surface area contributed by atoms with Crippen LogP contribution in [0.5, 0.6) is 0 Å². The van der Waals surface area contributed by atoms with Crippen LogP contribution in [0.3, 0.4) is 0 Å². The monoisotopic (exact) mass is 309 g/mol. The van der Waals surface area contributed by atoms with Crippen molar-refractivity contribution in [1.82, 2.24) is 5.32 Å². The Kier molecular flexibility index (Phi) is 4.24. The van der Waals surface area contributed by atoms with E-state index in [1.165, 1.54) is 24.5 Å². The molecule has 2 aromatic rings. The Morgan fingerprint density at radius 2 is 2.14 bits per heavy atom. The summed E-state index contributed by atoms with van der Waals surface area (Å²) < 4.78 is 18.0. The van der Waals surface area contributed by atoms with E-state index in [-0.39, 0.29) is 16.6 Å². The Balaban J connectivity index is 2.05. The SMILES string of the molecule is O=C(NC(=S)Nc1ccc(F)c([N+](=O)[O-])c1)c1ccco1. The van der Waals surface area contributed by atoms with Crippen LogP contribution in [0, 0.1) is 15.9 Å². The first-order chi connectivity index (χ1) is 9.97. The fourth-order valence-electron chi connectivity index (χ4n) is 1.47. The van der Waals surface area contributed by atoms with Crippen molar-refractivity contribution in [2.45, 2.75) is 0 Å². The highest BCUT2D eigenvalue weighted by molar-refractivity contribution is 7.80. The lowest BCUT2D eigenvalue weighted by Crippen LogP contribution is -2.33. The van der Waals surface area contributed by atoms with Gasteiger partial charge in [-0.25, -0.2) is 0 Å². The van der Waals surface area contributed by atoms with E-state index in [0.717, 1.165) is 12.1 Å². The third kappa shape index (κ3) is 3.60. The van der Waals surface area contributed by atoms with Gasteiger partial charge in [-0.2, -0.15) is 4.39 Å². The molecule has 0 bridgehead atoms.